The largest absolute Gasteiger partial charge is 0.497 e. The van der Waals surface area contributed by atoms with Gasteiger partial charge in [-0.3, -0.25) is 0 Å². The maximum absolute atomic E-state index is 6.11. The summed E-state index contributed by atoms with van der Waals surface area (Å²) in [7, 11) is 1.68. The molecule has 2 aliphatic rings. The van der Waals surface area contributed by atoms with Gasteiger partial charge in [-0.25, -0.2) is 4.99 Å². The number of benzene rings is 2. The van der Waals surface area contributed by atoms with Crippen molar-refractivity contribution < 1.29 is 4.74 Å². The Morgan fingerprint density at radius 2 is 1.88 bits per heavy atom. The summed E-state index contributed by atoms with van der Waals surface area (Å²) in [5.74, 6) is 1.33. The molecule has 2 aromatic rings. The Balaban J connectivity index is 1.82. The van der Waals surface area contributed by atoms with E-state index in [1.807, 2.05) is 12.1 Å². The second-order valence-corrected chi connectivity index (χ2v) is 6.23. The maximum Gasteiger partial charge on any atom is 0.194 e. The summed E-state index contributed by atoms with van der Waals surface area (Å²) in [4.78, 5) is 4.69. The topological polar surface area (TPSA) is 59.6 Å². The highest BCUT2D eigenvalue weighted by Crippen LogP contribution is 2.39. The van der Waals surface area contributed by atoms with E-state index in [-0.39, 0.29) is 6.04 Å². The zero-order valence-corrected chi connectivity index (χ0v) is 13.8. The van der Waals surface area contributed by atoms with E-state index in [0.29, 0.717) is 5.96 Å². The number of guanidine groups is 1. The third-order valence-electron chi connectivity index (χ3n) is 4.78. The van der Waals surface area contributed by atoms with Crippen molar-refractivity contribution in [1.29, 1.82) is 0 Å². The van der Waals surface area contributed by atoms with Gasteiger partial charge in [-0.15, -0.1) is 0 Å². The van der Waals surface area contributed by atoms with Crippen LogP contribution in [0.1, 0.15) is 35.6 Å². The van der Waals surface area contributed by atoms with Gasteiger partial charge >= 0.3 is 0 Å². The van der Waals surface area contributed by atoms with Crippen molar-refractivity contribution in [2.45, 2.75) is 25.3 Å². The van der Waals surface area contributed by atoms with Crippen LogP contribution >= 0.6 is 0 Å². The number of aliphatic imine (C=N–C) groups is 1. The van der Waals surface area contributed by atoms with E-state index in [4.69, 9.17) is 15.5 Å². The molecule has 24 heavy (non-hydrogen) atoms. The first-order valence-corrected chi connectivity index (χ1v) is 8.32. The number of hydrogen-bond acceptors (Lipinski definition) is 4. The van der Waals surface area contributed by atoms with Gasteiger partial charge in [-0.2, -0.15) is 0 Å². The van der Waals surface area contributed by atoms with Crippen LogP contribution in [0.2, 0.25) is 0 Å². The SMILES string of the molecule is COc1ccc(C2N=C(N)NC3=C2CCCc2ccccc23)cc1. The predicted molar refractivity (Wildman–Crippen MR) is 96.8 cm³/mol. The molecule has 2 aromatic carbocycles. The van der Waals surface area contributed by atoms with Crippen molar-refractivity contribution in [3.63, 3.8) is 0 Å². The van der Waals surface area contributed by atoms with Crippen molar-refractivity contribution in [2.24, 2.45) is 10.7 Å². The zero-order valence-electron chi connectivity index (χ0n) is 13.8. The molecule has 0 aromatic heterocycles. The molecule has 4 rings (SSSR count). The van der Waals surface area contributed by atoms with Gasteiger partial charge in [0.1, 0.15) is 11.8 Å². The third-order valence-corrected chi connectivity index (χ3v) is 4.78. The molecule has 4 heteroatoms. The summed E-state index contributed by atoms with van der Waals surface area (Å²) in [6.45, 7) is 0. The highest BCUT2D eigenvalue weighted by atomic mass is 16.5. The van der Waals surface area contributed by atoms with Crippen LogP contribution in [0, 0.1) is 0 Å². The first-order valence-electron chi connectivity index (χ1n) is 8.32. The number of methoxy groups -OCH3 is 1. The van der Waals surface area contributed by atoms with Crippen molar-refractivity contribution in [3.8, 4) is 5.75 Å². The van der Waals surface area contributed by atoms with E-state index in [1.165, 1.54) is 16.7 Å². The van der Waals surface area contributed by atoms with Crippen LogP contribution in [-0.2, 0) is 6.42 Å². The summed E-state index contributed by atoms with van der Waals surface area (Å²) < 4.78 is 5.27. The molecule has 1 unspecified atom stereocenters. The lowest BCUT2D eigenvalue weighted by Gasteiger charge is -2.27. The molecule has 1 atom stereocenters. The molecule has 0 spiro atoms. The molecule has 4 nitrogen and oxygen atoms in total. The Bertz CT molecular complexity index is 821. The molecule has 122 valence electrons. The molecular formula is C20H21N3O. The van der Waals surface area contributed by atoms with Gasteiger partial charge in [0.25, 0.3) is 0 Å². The van der Waals surface area contributed by atoms with Crippen LogP contribution in [0.5, 0.6) is 5.75 Å². The number of ether oxygens (including phenoxy) is 1. The molecule has 0 radical (unpaired) electrons. The number of nitrogens with zero attached hydrogens (tertiary/aromatic N) is 1. The summed E-state index contributed by atoms with van der Waals surface area (Å²) in [6, 6.07) is 16.6. The Kier molecular flexibility index (Phi) is 3.73. The van der Waals surface area contributed by atoms with Crippen molar-refractivity contribution in [1.82, 2.24) is 5.32 Å². The van der Waals surface area contributed by atoms with Crippen LogP contribution < -0.4 is 15.8 Å². The van der Waals surface area contributed by atoms with Crippen molar-refractivity contribution in [2.75, 3.05) is 7.11 Å². The average molecular weight is 319 g/mol. The molecular weight excluding hydrogens is 298 g/mol. The van der Waals surface area contributed by atoms with Crippen LogP contribution in [0.15, 0.2) is 59.1 Å². The Morgan fingerprint density at radius 3 is 2.67 bits per heavy atom. The number of aryl methyl sites for hydroxylation is 1. The number of rotatable bonds is 2. The minimum Gasteiger partial charge on any atom is -0.497 e. The summed E-state index contributed by atoms with van der Waals surface area (Å²) in [5, 5.41) is 3.32. The van der Waals surface area contributed by atoms with Gasteiger partial charge in [-0.05, 0) is 48.1 Å². The number of fused-ring (bicyclic) bond motifs is 2. The molecule has 1 aliphatic heterocycles. The lowest BCUT2D eigenvalue weighted by molar-refractivity contribution is 0.414. The quantitative estimate of drug-likeness (QED) is 0.892. The summed E-state index contributed by atoms with van der Waals surface area (Å²) >= 11 is 0. The monoisotopic (exact) mass is 319 g/mol. The molecule has 0 amide bonds. The van der Waals surface area contributed by atoms with E-state index in [9.17, 15) is 0 Å². The smallest absolute Gasteiger partial charge is 0.194 e. The highest BCUT2D eigenvalue weighted by molar-refractivity contribution is 5.92. The zero-order chi connectivity index (χ0) is 16.5. The van der Waals surface area contributed by atoms with Gasteiger partial charge in [0.15, 0.2) is 5.96 Å². The predicted octanol–water partition coefficient (Wildman–Crippen LogP) is 3.40. The van der Waals surface area contributed by atoms with Crippen LogP contribution in [0.4, 0.5) is 0 Å². The fourth-order valence-corrected chi connectivity index (χ4v) is 3.61. The van der Waals surface area contributed by atoms with Crippen molar-refractivity contribution in [3.05, 3.63) is 70.8 Å². The fourth-order valence-electron chi connectivity index (χ4n) is 3.61. The standard InChI is InChI=1S/C20H21N3O/c1-24-15-11-9-14(10-12-15)18-17-8-4-6-13-5-2-3-7-16(13)19(17)23-20(21)22-18/h2-3,5,7,9-12,18H,4,6,8H2,1H3,(H3,21,22,23). The lowest BCUT2D eigenvalue weighted by Crippen LogP contribution is -2.35. The van der Waals surface area contributed by atoms with Crippen LogP contribution in [0.25, 0.3) is 5.70 Å². The summed E-state index contributed by atoms with van der Waals surface area (Å²) in [5.41, 5.74) is 12.3. The first-order chi connectivity index (χ1) is 11.8. The van der Waals surface area contributed by atoms with Crippen LogP contribution in [0.3, 0.4) is 0 Å². The summed E-state index contributed by atoms with van der Waals surface area (Å²) in [6.07, 6.45) is 3.23. The molecule has 0 saturated heterocycles. The normalized spacial score (nSPS) is 19.5. The van der Waals surface area contributed by atoms with E-state index in [1.54, 1.807) is 7.11 Å². The van der Waals surface area contributed by atoms with E-state index < -0.39 is 0 Å². The number of nitrogens with two attached hydrogens (primary N) is 1. The molecule has 0 saturated carbocycles. The Morgan fingerprint density at radius 1 is 1.08 bits per heavy atom. The van der Waals surface area contributed by atoms with E-state index in [0.717, 1.165) is 36.3 Å². The van der Waals surface area contributed by atoms with Gasteiger partial charge in [0, 0.05) is 5.56 Å². The maximum atomic E-state index is 6.11. The van der Waals surface area contributed by atoms with E-state index in [2.05, 4.69) is 41.7 Å². The second-order valence-electron chi connectivity index (χ2n) is 6.23. The fraction of sp³-hybridized carbons (Fsp3) is 0.250. The number of hydrogen-bond donors (Lipinski definition) is 2. The molecule has 0 bridgehead atoms. The second kappa shape index (κ2) is 6.04. The number of nitrogens with one attached hydrogen (secondary N) is 1. The first kappa shape index (κ1) is 14.8. The minimum atomic E-state index is -0.0293. The van der Waals surface area contributed by atoms with Crippen molar-refractivity contribution >= 4 is 11.7 Å². The Labute approximate surface area is 142 Å². The van der Waals surface area contributed by atoms with Crippen LogP contribution in [-0.4, -0.2) is 13.1 Å². The van der Waals surface area contributed by atoms with Gasteiger partial charge in [0.2, 0.25) is 0 Å². The molecule has 0 fully saturated rings. The van der Waals surface area contributed by atoms with Gasteiger partial charge < -0.3 is 15.8 Å². The molecule has 3 N–H and O–H groups in total. The minimum absolute atomic E-state index is 0.0293. The van der Waals surface area contributed by atoms with E-state index >= 15 is 0 Å². The van der Waals surface area contributed by atoms with Gasteiger partial charge in [0.05, 0.1) is 12.8 Å². The third kappa shape index (κ3) is 2.54. The van der Waals surface area contributed by atoms with Gasteiger partial charge in [-0.1, -0.05) is 36.4 Å². The highest BCUT2D eigenvalue weighted by Gasteiger charge is 2.28. The molecule has 1 heterocycles. The Hall–Kier alpha value is -2.75. The molecule has 1 aliphatic carbocycles. The average Bonchev–Trinajstić information content (AvgIpc) is 2.81. The lowest BCUT2D eigenvalue weighted by atomic mass is 9.92.